The van der Waals surface area contributed by atoms with Crippen LogP contribution in [-0.2, 0) is 0 Å². The molecule has 0 amide bonds. The predicted molar refractivity (Wildman–Crippen MR) is 84.0 cm³/mol. The topological polar surface area (TPSA) is 88.3 Å². The number of aromatic nitrogens is 2. The number of hydrogen-bond acceptors (Lipinski definition) is 4. The van der Waals surface area contributed by atoms with E-state index in [1.54, 1.807) is 12.2 Å². The lowest BCUT2D eigenvalue weighted by molar-refractivity contribution is -0.0975. The van der Waals surface area contributed by atoms with Gasteiger partial charge in [-0.25, -0.2) is 8.78 Å². The van der Waals surface area contributed by atoms with Gasteiger partial charge in [0.2, 0.25) is 0 Å². The van der Waals surface area contributed by atoms with Gasteiger partial charge in [-0.3, -0.25) is 5.10 Å². The Morgan fingerprint density at radius 1 is 1.15 bits per heavy atom. The fraction of sp³-hybridized carbons (Fsp3) is 0.235. The molecule has 0 aliphatic carbocycles. The normalized spacial score (nSPS) is 17.9. The number of nitriles is 2. The maximum Gasteiger partial charge on any atom is 0.432 e. The van der Waals surface area contributed by atoms with Gasteiger partial charge < -0.3 is 5.32 Å². The highest BCUT2D eigenvalue weighted by Crippen LogP contribution is 2.43. The molecule has 0 spiro atoms. The van der Waals surface area contributed by atoms with E-state index in [-0.39, 0.29) is 5.56 Å². The largest absolute Gasteiger partial charge is 0.432 e. The molecule has 1 aliphatic rings. The average Bonchev–Trinajstić information content (AvgIpc) is 2.99. The third-order valence-corrected chi connectivity index (χ3v) is 4.24. The molecule has 2 N–H and O–H groups in total. The van der Waals surface area contributed by atoms with Gasteiger partial charge in [-0.2, -0.15) is 28.8 Å². The molecule has 0 saturated carbocycles. The Morgan fingerprint density at radius 2 is 1.81 bits per heavy atom. The molecule has 1 aliphatic heterocycles. The van der Waals surface area contributed by atoms with Crippen LogP contribution in [0.1, 0.15) is 17.2 Å². The summed E-state index contributed by atoms with van der Waals surface area (Å²) < 4.78 is 66.8. The van der Waals surface area contributed by atoms with E-state index < -0.39 is 41.1 Å². The first kappa shape index (κ1) is 18.4. The molecule has 0 fully saturated rings. The summed E-state index contributed by atoms with van der Waals surface area (Å²) in [4.78, 5) is 0. The first-order chi connectivity index (χ1) is 12.7. The zero-order valence-electron chi connectivity index (χ0n) is 13.6. The Bertz CT molecular complexity index is 1060. The van der Waals surface area contributed by atoms with Crippen LogP contribution in [0.2, 0.25) is 0 Å². The molecule has 1 unspecified atom stereocenters. The lowest BCUT2D eigenvalue weighted by atomic mass is 9.80. The van der Waals surface area contributed by atoms with Gasteiger partial charge in [0.25, 0.3) is 6.43 Å². The van der Waals surface area contributed by atoms with Crippen molar-refractivity contribution in [2.24, 2.45) is 0 Å². The van der Waals surface area contributed by atoms with Crippen molar-refractivity contribution in [3.05, 3.63) is 52.0 Å². The van der Waals surface area contributed by atoms with Crippen molar-refractivity contribution in [1.29, 1.82) is 10.5 Å². The third kappa shape index (κ3) is 2.99. The lowest BCUT2D eigenvalue weighted by Crippen LogP contribution is -2.36. The number of aryl methyl sites for hydroxylation is 1. The van der Waals surface area contributed by atoms with E-state index in [4.69, 9.17) is 0 Å². The Labute approximate surface area is 149 Å². The second-order valence-electron chi connectivity index (χ2n) is 5.82. The number of rotatable bonds is 2. The van der Waals surface area contributed by atoms with Crippen molar-refractivity contribution in [1.82, 2.24) is 15.5 Å². The van der Waals surface area contributed by atoms with Crippen molar-refractivity contribution in [2.45, 2.75) is 25.4 Å². The number of fused-ring (bicyclic) bond motifs is 1. The summed E-state index contributed by atoms with van der Waals surface area (Å²) in [6.07, 6.45) is -8.42. The molecule has 0 radical (unpaired) electrons. The molecule has 2 heterocycles. The van der Waals surface area contributed by atoms with Gasteiger partial charge in [-0.1, -0.05) is 6.07 Å². The number of alkyl halides is 5. The predicted octanol–water partition coefficient (Wildman–Crippen LogP) is 3.94. The van der Waals surface area contributed by atoms with Crippen LogP contribution >= 0.6 is 0 Å². The number of nitrogens with one attached hydrogen (secondary N) is 2. The van der Waals surface area contributed by atoms with Crippen molar-refractivity contribution in [3.8, 4) is 12.1 Å². The molecule has 0 bridgehead atoms. The van der Waals surface area contributed by atoms with Crippen molar-refractivity contribution >= 4 is 10.9 Å². The number of halogens is 5. The van der Waals surface area contributed by atoms with Crippen LogP contribution in [0.4, 0.5) is 22.0 Å². The van der Waals surface area contributed by atoms with E-state index >= 15 is 0 Å². The number of allylic oxidation sites excluding steroid dienone is 4. The number of H-pyrrole nitrogens is 1. The fourth-order valence-electron chi connectivity index (χ4n) is 3.02. The molecule has 0 saturated heterocycles. The van der Waals surface area contributed by atoms with E-state index in [1.807, 2.05) is 0 Å². The van der Waals surface area contributed by atoms with E-state index in [0.29, 0.717) is 16.6 Å². The maximum atomic E-state index is 13.4. The molecule has 5 nitrogen and oxygen atoms in total. The van der Waals surface area contributed by atoms with Crippen LogP contribution in [-0.4, -0.2) is 22.8 Å². The molecular formula is C17H10F5N5. The highest BCUT2D eigenvalue weighted by molar-refractivity contribution is 5.82. The van der Waals surface area contributed by atoms with Crippen LogP contribution in [0.15, 0.2) is 40.7 Å². The van der Waals surface area contributed by atoms with Crippen molar-refractivity contribution in [2.75, 3.05) is 0 Å². The minimum atomic E-state index is -5.07. The SMILES string of the molecule is Cc1[nH]nc2ccc(C3C(C#N)=C(C(F)F)NC(C(F)(F)F)=C3C#N)cc12. The Hall–Kier alpha value is -3.40. The van der Waals surface area contributed by atoms with E-state index in [0.717, 1.165) is 0 Å². The molecule has 27 heavy (non-hydrogen) atoms. The van der Waals surface area contributed by atoms with Gasteiger partial charge in [0.05, 0.1) is 40.4 Å². The summed E-state index contributed by atoms with van der Waals surface area (Å²) in [5.74, 6) is -1.57. The van der Waals surface area contributed by atoms with Gasteiger partial charge in [0.15, 0.2) is 0 Å². The Morgan fingerprint density at radius 3 is 2.37 bits per heavy atom. The summed E-state index contributed by atoms with van der Waals surface area (Å²) in [6.45, 7) is 1.68. The molecule has 1 aromatic carbocycles. The Kier molecular flexibility index (Phi) is 4.36. The summed E-state index contributed by atoms with van der Waals surface area (Å²) in [7, 11) is 0. The van der Waals surface area contributed by atoms with E-state index in [1.165, 1.54) is 30.3 Å². The first-order valence-electron chi connectivity index (χ1n) is 7.54. The number of dihydropyridines is 1. The summed E-state index contributed by atoms with van der Waals surface area (Å²) >= 11 is 0. The van der Waals surface area contributed by atoms with Crippen molar-refractivity contribution < 1.29 is 22.0 Å². The van der Waals surface area contributed by atoms with E-state index in [2.05, 4.69) is 10.2 Å². The molecule has 10 heteroatoms. The third-order valence-electron chi connectivity index (χ3n) is 4.24. The molecular weight excluding hydrogens is 369 g/mol. The molecule has 1 atom stereocenters. The minimum absolute atomic E-state index is 0.113. The summed E-state index contributed by atoms with van der Waals surface area (Å²) in [5.41, 5.74) is -2.98. The second-order valence-corrected chi connectivity index (χ2v) is 5.82. The van der Waals surface area contributed by atoms with Gasteiger partial charge in [-0.15, -0.1) is 0 Å². The first-order valence-corrected chi connectivity index (χ1v) is 7.54. The smallest absolute Gasteiger partial charge is 0.349 e. The van der Waals surface area contributed by atoms with Gasteiger partial charge in [-0.05, 0) is 24.6 Å². The highest BCUT2D eigenvalue weighted by atomic mass is 19.4. The van der Waals surface area contributed by atoms with Crippen LogP contribution < -0.4 is 5.32 Å². The van der Waals surface area contributed by atoms with Gasteiger partial charge in [0.1, 0.15) is 5.70 Å². The molecule has 3 rings (SSSR count). The minimum Gasteiger partial charge on any atom is -0.349 e. The number of aromatic amines is 1. The highest BCUT2D eigenvalue weighted by Gasteiger charge is 2.45. The fourth-order valence-corrected chi connectivity index (χ4v) is 3.02. The van der Waals surface area contributed by atoms with Crippen LogP contribution in [0, 0.1) is 29.6 Å². The number of benzene rings is 1. The zero-order valence-corrected chi connectivity index (χ0v) is 13.6. The van der Waals surface area contributed by atoms with E-state index in [9.17, 15) is 32.5 Å². The monoisotopic (exact) mass is 379 g/mol. The lowest BCUT2D eigenvalue weighted by Gasteiger charge is -2.29. The number of nitrogens with zero attached hydrogens (tertiary/aromatic N) is 3. The van der Waals surface area contributed by atoms with Crippen LogP contribution in [0.25, 0.3) is 10.9 Å². The second kappa shape index (κ2) is 6.40. The molecule has 1 aromatic heterocycles. The van der Waals surface area contributed by atoms with Crippen molar-refractivity contribution in [3.63, 3.8) is 0 Å². The summed E-state index contributed by atoms with van der Waals surface area (Å²) in [6, 6.07) is 7.26. The average molecular weight is 379 g/mol. The summed E-state index contributed by atoms with van der Waals surface area (Å²) in [5, 5.41) is 27.5. The quantitative estimate of drug-likeness (QED) is 0.774. The van der Waals surface area contributed by atoms with Gasteiger partial charge in [0, 0.05) is 11.1 Å². The molecule has 2 aromatic rings. The number of hydrogen-bond donors (Lipinski definition) is 2. The Balaban J connectivity index is 2.32. The maximum absolute atomic E-state index is 13.4. The van der Waals surface area contributed by atoms with Crippen LogP contribution in [0.3, 0.4) is 0 Å². The standard InChI is InChI=1S/C17H10F5N5/c1-7-9-4-8(2-3-12(9)27-26-7)13-10(5-23)14(16(18)19)25-15(11(13)6-24)17(20,21)22/h2-4,13,16,25H,1H3,(H,26,27). The zero-order chi connectivity index (χ0) is 19.9. The molecule has 138 valence electrons. The van der Waals surface area contributed by atoms with Crippen LogP contribution in [0.5, 0.6) is 0 Å². The van der Waals surface area contributed by atoms with Gasteiger partial charge >= 0.3 is 6.18 Å².